The van der Waals surface area contributed by atoms with Crippen molar-refractivity contribution in [3.63, 3.8) is 0 Å². The van der Waals surface area contributed by atoms with E-state index in [9.17, 15) is 0 Å². The minimum Gasteiger partial charge on any atom is -0.259 e. The van der Waals surface area contributed by atoms with Gasteiger partial charge in [0.15, 0.2) is 5.82 Å². The van der Waals surface area contributed by atoms with Gasteiger partial charge in [0.1, 0.15) is 0 Å². The molecule has 5 heteroatoms. The predicted molar refractivity (Wildman–Crippen MR) is 36.9 cm³/mol. The van der Waals surface area contributed by atoms with E-state index in [-0.39, 0.29) is 0 Å². The Labute approximate surface area is 62.7 Å². The van der Waals surface area contributed by atoms with Crippen LogP contribution in [0.4, 0.5) is 0 Å². The zero-order valence-electron chi connectivity index (χ0n) is 5.62. The lowest BCUT2D eigenvalue weighted by atomic mass is 10.7. The molecule has 0 bridgehead atoms. The van der Waals surface area contributed by atoms with Crippen LogP contribution in [0.3, 0.4) is 0 Å². The van der Waals surface area contributed by atoms with Crippen molar-refractivity contribution in [2.45, 2.75) is 0 Å². The van der Waals surface area contributed by atoms with Crippen molar-refractivity contribution < 1.29 is 0 Å². The molecule has 2 heterocycles. The minimum absolute atomic E-state index is 0.623. The van der Waals surface area contributed by atoms with Crippen molar-refractivity contribution in [3.05, 3.63) is 31.0 Å². The lowest BCUT2D eigenvalue weighted by molar-refractivity contribution is 0.724. The molecule has 2 rings (SSSR count). The molecular formula is C6H5N5. The Hall–Kier alpha value is -1.78. The average molecular weight is 147 g/mol. The first-order valence-corrected chi connectivity index (χ1v) is 3.09. The van der Waals surface area contributed by atoms with Crippen LogP contribution in [0.5, 0.6) is 0 Å². The van der Waals surface area contributed by atoms with Crippen molar-refractivity contribution in [1.82, 2.24) is 25.0 Å². The first-order valence-electron chi connectivity index (χ1n) is 3.09. The maximum absolute atomic E-state index is 4.00. The fourth-order valence-corrected chi connectivity index (χ4v) is 0.729. The van der Waals surface area contributed by atoms with Gasteiger partial charge in [-0.05, 0) is 0 Å². The zero-order chi connectivity index (χ0) is 7.52. The second-order valence-corrected chi connectivity index (χ2v) is 1.88. The van der Waals surface area contributed by atoms with E-state index < -0.39 is 0 Å². The van der Waals surface area contributed by atoms with Gasteiger partial charge in [0, 0.05) is 12.4 Å². The first-order chi connectivity index (χ1) is 5.47. The molecular weight excluding hydrogens is 142 g/mol. The fourth-order valence-electron chi connectivity index (χ4n) is 0.729. The highest BCUT2D eigenvalue weighted by molar-refractivity contribution is 5.11. The molecule has 0 amide bonds. The molecule has 0 aliphatic heterocycles. The quantitative estimate of drug-likeness (QED) is 0.572. The standard InChI is InChI=1S/C6H5N5/c1-2-8-6(5-7-1)11-9-3-4-10-11/h1-5H. The molecule has 0 aliphatic carbocycles. The summed E-state index contributed by atoms with van der Waals surface area (Å²) in [6, 6.07) is 0. The highest BCUT2D eigenvalue weighted by Gasteiger charge is 1.95. The Morgan fingerprint density at radius 1 is 1.00 bits per heavy atom. The number of nitrogens with zero attached hydrogens (tertiary/aromatic N) is 5. The average Bonchev–Trinajstić information content (AvgIpc) is 2.58. The lowest BCUT2D eigenvalue weighted by Gasteiger charge is -1.93. The van der Waals surface area contributed by atoms with E-state index in [4.69, 9.17) is 0 Å². The highest BCUT2D eigenvalue weighted by atomic mass is 15.5. The summed E-state index contributed by atoms with van der Waals surface area (Å²) >= 11 is 0. The van der Waals surface area contributed by atoms with E-state index in [2.05, 4.69) is 20.2 Å². The van der Waals surface area contributed by atoms with Gasteiger partial charge in [0.25, 0.3) is 0 Å². The highest BCUT2D eigenvalue weighted by Crippen LogP contribution is 1.93. The topological polar surface area (TPSA) is 56.5 Å². The molecule has 0 unspecified atom stereocenters. The second-order valence-electron chi connectivity index (χ2n) is 1.88. The summed E-state index contributed by atoms with van der Waals surface area (Å²) in [5.74, 6) is 0.623. The Balaban J connectivity index is 2.46. The van der Waals surface area contributed by atoms with Gasteiger partial charge in [-0.2, -0.15) is 10.2 Å². The molecule has 54 valence electrons. The smallest absolute Gasteiger partial charge is 0.192 e. The summed E-state index contributed by atoms with van der Waals surface area (Å²) in [6.07, 6.45) is 7.98. The summed E-state index contributed by atoms with van der Waals surface area (Å²) in [5.41, 5.74) is 0. The Morgan fingerprint density at radius 2 is 1.82 bits per heavy atom. The molecule has 2 aromatic heterocycles. The van der Waals surface area contributed by atoms with Crippen LogP contribution in [0.25, 0.3) is 5.82 Å². The largest absolute Gasteiger partial charge is 0.259 e. The minimum atomic E-state index is 0.623. The first kappa shape index (κ1) is 5.96. The van der Waals surface area contributed by atoms with Gasteiger partial charge in [-0.25, -0.2) is 4.98 Å². The molecule has 0 atom stereocenters. The van der Waals surface area contributed by atoms with Crippen LogP contribution in [0.1, 0.15) is 0 Å². The Bertz CT molecular complexity index is 314. The normalized spacial score (nSPS) is 9.82. The third-order valence-corrected chi connectivity index (χ3v) is 1.17. The van der Waals surface area contributed by atoms with Crippen LogP contribution in [-0.2, 0) is 0 Å². The molecule has 0 N–H and O–H groups in total. The van der Waals surface area contributed by atoms with E-state index in [1.165, 1.54) is 4.80 Å². The van der Waals surface area contributed by atoms with Crippen LogP contribution in [0.15, 0.2) is 31.0 Å². The predicted octanol–water partition coefficient (Wildman–Crippen LogP) is 0.0573. The van der Waals surface area contributed by atoms with Gasteiger partial charge >= 0.3 is 0 Å². The second kappa shape index (κ2) is 2.45. The van der Waals surface area contributed by atoms with Crippen LogP contribution in [-0.4, -0.2) is 25.0 Å². The fraction of sp³-hybridized carbons (Fsp3) is 0. The van der Waals surface area contributed by atoms with Crippen LogP contribution >= 0.6 is 0 Å². The molecule has 0 radical (unpaired) electrons. The maximum atomic E-state index is 4.00. The number of hydrogen-bond donors (Lipinski definition) is 0. The monoisotopic (exact) mass is 147 g/mol. The summed E-state index contributed by atoms with van der Waals surface area (Å²) in [5, 5.41) is 7.78. The Morgan fingerprint density at radius 3 is 2.45 bits per heavy atom. The van der Waals surface area contributed by atoms with Crippen LogP contribution in [0.2, 0.25) is 0 Å². The van der Waals surface area contributed by atoms with Crippen molar-refractivity contribution in [2.24, 2.45) is 0 Å². The summed E-state index contributed by atoms with van der Waals surface area (Å²) < 4.78 is 0. The van der Waals surface area contributed by atoms with E-state index in [1.807, 2.05) is 0 Å². The molecule has 0 spiro atoms. The lowest BCUT2D eigenvalue weighted by Crippen LogP contribution is -2.00. The van der Waals surface area contributed by atoms with Crippen molar-refractivity contribution in [3.8, 4) is 5.82 Å². The molecule has 0 aromatic carbocycles. The van der Waals surface area contributed by atoms with E-state index in [0.29, 0.717) is 5.82 Å². The van der Waals surface area contributed by atoms with Gasteiger partial charge in [-0.1, -0.05) is 0 Å². The molecule has 5 nitrogen and oxygen atoms in total. The van der Waals surface area contributed by atoms with E-state index >= 15 is 0 Å². The number of rotatable bonds is 1. The molecule has 2 aromatic rings. The maximum Gasteiger partial charge on any atom is 0.192 e. The van der Waals surface area contributed by atoms with Crippen molar-refractivity contribution in [2.75, 3.05) is 0 Å². The molecule has 11 heavy (non-hydrogen) atoms. The summed E-state index contributed by atoms with van der Waals surface area (Å²) in [4.78, 5) is 9.28. The molecule has 0 saturated heterocycles. The summed E-state index contributed by atoms with van der Waals surface area (Å²) in [7, 11) is 0. The van der Waals surface area contributed by atoms with Gasteiger partial charge < -0.3 is 0 Å². The van der Waals surface area contributed by atoms with Crippen molar-refractivity contribution in [1.29, 1.82) is 0 Å². The number of hydrogen-bond acceptors (Lipinski definition) is 4. The Kier molecular flexibility index (Phi) is 1.33. The van der Waals surface area contributed by atoms with Gasteiger partial charge in [-0.3, -0.25) is 4.98 Å². The third-order valence-electron chi connectivity index (χ3n) is 1.17. The molecule has 0 fully saturated rings. The SMILES string of the molecule is c1cnc(-n2nccn2)cn1. The van der Waals surface area contributed by atoms with E-state index in [1.54, 1.807) is 31.0 Å². The summed E-state index contributed by atoms with van der Waals surface area (Å²) in [6.45, 7) is 0. The third kappa shape index (κ3) is 1.07. The van der Waals surface area contributed by atoms with Gasteiger partial charge in [0.05, 0.1) is 18.6 Å². The molecule has 0 aliphatic rings. The van der Waals surface area contributed by atoms with Crippen LogP contribution in [0, 0.1) is 0 Å². The van der Waals surface area contributed by atoms with Crippen LogP contribution < -0.4 is 0 Å². The number of aromatic nitrogens is 5. The van der Waals surface area contributed by atoms with Crippen molar-refractivity contribution >= 4 is 0 Å². The zero-order valence-corrected chi connectivity index (χ0v) is 5.62. The van der Waals surface area contributed by atoms with Gasteiger partial charge in [-0.15, -0.1) is 4.80 Å². The van der Waals surface area contributed by atoms with Gasteiger partial charge in [0.2, 0.25) is 0 Å². The molecule has 0 saturated carbocycles. The van der Waals surface area contributed by atoms with E-state index in [0.717, 1.165) is 0 Å².